The zero-order valence-electron chi connectivity index (χ0n) is 15.4. The third-order valence-electron chi connectivity index (χ3n) is 4.46. The molecule has 0 aliphatic carbocycles. The van der Waals surface area contributed by atoms with Gasteiger partial charge in [0.2, 0.25) is 0 Å². The van der Waals surface area contributed by atoms with E-state index in [0.29, 0.717) is 4.48 Å². The zero-order chi connectivity index (χ0) is 16.0. The van der Waals surface area contributed by atoms with Crippen molar-refractivity contribution in [1.29, 1.82) is 0 Å². The number of aliphatic hydroxyl groups is 1. The SMILES string of the molecule is CCCCCCCCCCCCCCCC(O)[N+](C)(C)C. The summed E-state index contributed by atoms with van der Waals surface area (Å²) in [4.78, 5) is 0. The van der Waals surface area contributed by atoms with Gasteiger partial charge in [-0.05, 0) is 6.42 Å². The van der Waals surface area contributed by atoms with Crippen LogP contribution in [0.4, 0.5) is 0 Å². The monoisotopic (exact) mass is 300 g/mol. The Morgan fingerprint density at radius 1 is 0.619 bits per heavy atom. The van der Waals surface area contributed by atoms with E-state index in [2.05, 4.69) is 28.1 Å². The van der Waals surface area contributed by atoms with Crippen LogP contribution in [0.5, 0.6) is 0 Å². The Hall–Kier alpha value is -0.0800. The second-order valence-corrected chi connectivity index (χ2v) is 7.63. The molecule has 0 saturated carbocycles. The predicted molar refractivity (Wildman–Crippen MR) is 94.4 cm³/mol. The van der Waals surface area contributed by atoms with Crippen molar-refractivity contribution in [3.63, 3.8) is 0 Å². The van der Waals surface area contributed by atoms with Gasteiger partial charge in [0.25, 0.3) is 0 Å². The summed E-state index contributed by atoms with van der Waals surface area (Å²) < 4.78 is 0.665. The molecule has 0 aromatic rings. The van der Waals surface area contributed by atoms with Crippen LogP contribution in [0.1, 0.15) is 96.8 Å². The summed E-state index contributed by atoms with van der Waals surface area (Å²) in [5.41, 5.74) is 0. The van der Waals surface area contributed by atoms with Crippen molar-refractivity contribution in [1.82, 2.24) is 0 Å². The molecule has 0 heterocycles. The van der Waals surface area contributed by atoms with Crippen molar-refractivity contribution in [3.8, 4) is 0 Å². The van der Waals surface area contributed by atoms with E-state index < -0.39 is 0 Å². The topological polar surface area (TPSA) is 20.2 Å². The average Bonchev–Trinajstić information content (AvgIpc) is 2.42. The van der Waals surface area contributed by atoms with E-state index >= 15 is 0 Å². The lowest BCUT2D eigenvalue weighted by molar-refractivity contribution is -0.919. The molecule has 2 nitrogen and oxygen atoms in total. The summed E-state index contributed by atoms with van der Waals surface area (Å²) >= 11 is 0. The molecule has 21 heavy (non-hydrogen) atoms. The Morgan fingerprint density at radius 2 is 0.952 bits per heavy atom. The van der Waals surface area contributed by atoms with Crippen LogP contribution in [-0.2, 0) is 0 Å². The lowest BCUT2D eigenvalue weighted by Gasteiger charge is -2.29. The van der Waals surface area contributed by atoms with E-state index in [1.807, 2.05) is 0 Å². The molecule has 0 aliphatic rings. The largest absolute Gasteiger partial charge is 0.345 e. The minimum absolute atomic E-state index is 0.197. The molecule has 128 valence electrons. The number of quaternary nitrogens is 1. The number of hydrogen-bond donors (Lipinski definition) is 1. The average molecular weight is 301 g/mol. The molecule has 0 aliphatic heterocycles. The van der Waals surface area contributed by atoms with Crippen molar-refractivity contribution in [2.24, 2.45) is 0 Å². The zero-order valence-corrected chi connectivity index (χ0v) is 15.4. The van der Waals surface area contributed by atoms with Crippen LogP contribution in [0.25, 0.3) is 0 Å². The van der Waals surface area contributed by atoms with E-state index in [9.17, 15) is 5.11 Å². The van der Waals surface area contributed by atoms with Gasteiger partial charge in [-0.15, -0.1) is 0 Å². The maximum atomic E-state index is 9.94. The van der Waals surface area contributed by atoms with Crippen LogP contribution in [0.15, 0.2) is 0 Å². The fourth-order valence-corrected chi connectivity index (χ4v) is 2.73. The Kier molecular flexibility index (Phi) is 13.5. The van der Waals surface area contributed by atoms with E-state index in [0.717, 1.165) is 6.42 Å². The van der Waals surface area contributed by atoms with E-state index in [1.165, 1.54) is 83.5 Å². The maximum Gasteiger partial charge on any atom is 0.189 e. The van der Waals surface area contributed by atoms with Gasteiger partial charge in [-0.2, -0.15) is 0 Å². The standard InChI is InChI=1S/C19H42NO/c1-5-6-7-8-9-10-11-12-13-14-15-16-17-18-19(21)20(2,3)4/h19,21H,5-18H2,1-4H3/q+1. The molecule has 0 fully saturated rings. The van der Waals surface area contributed by atoms with Gasteiger partial charge in [0.1, 0.15) is 0 Å². The number of unbranched alkanes of at least 4 members (excludes halogenated alkanes) is 12. The van der Waals surface area contributed by atoms with Crippen LogP contribution in [0, 0.1) is 0 Å². The Labute approximate surface area is 134 Å². The van der Waals surface area contributed by atoms with Crippen molar-refractivity contribution in [2.45, 2.75) is 103 Å². The van der Waals surface area contributed by atoms with E-state index in [4.69, 9.17) is 0 Å². The quantitative estimate of drug-likeness (QED) is 0.241. The van der Waals surface area contributed by atoms with Gasteiger partial charge in [-0.25, -0.2) is 0 Å². The highest BCUT2D eigenvalue weighted by Crippen LogP contribution is 2.14. The first-order valence-corrected chi connectivity index (χ1v) is 9.47. The molecule has 0 radical (unpaired) electrons. The number of rotatable bonds is 15. The van der Waals surface area contributed by atoms with Crippen LogP contribution >= 0.6 is 0 Å². The minimum atomic E-state index is -0.197. The van der Waals surface area contributed by atoms with Crippen LogP contribution in [0.2, 0.25) is 0 Å². The molecule has 1 N–H and O–H groups in total. The first-order valence-electron chi connectivity index (χ1n) is 9.47. The Bertz CT molecular complexity index is 210. The fraction of sp³-hybridized carbons (Fsp3) is 1.00. The molecule has 2 heteroatoms. The van der Waals surface area contributed by atoms with Gasteiger partial charge in [-0.3, -0.25) is 0 Å². The molecule has 1 atom stereocenters. The molecular formula is C19H42NO+. The van der Waals surface area contributed by atoms with E-state index in [1.54, 1.807) is 0 Å². The molecule has 0 bridgehead atoms. The smallest absolute Gasteiger partial charge is 0.189 e. The van der Waals surface area contributed by atoms with Gasteiger partial charge in [0.05, 0.1) is 21.1 Å². The third-order valence-corrected chi connectivity index (χ3v) is 4.46. The summed E-state index contributed by atoms with van der Waals surface area (Å²) in [6.07, 6.45) is 18.8. The maximum absolute atomic E-state index is 9.94. The normalized spacial score (nSPS) is 13.6. The Balaban J connectivity index is 3.13. The summed E-state index contributed by atoms with van der Waals surface area (Å²) in [7, 11) is 6.19. The van der Waals surface area contributed by atoms with Crippen molar-refractivity contribution in [3.05, 3.63) is 0 Å². The summed E-state index contributed by atoms with van der Waals surface area (Å²) in [5, 5.41) is 9.94. The third kappa shape index (κ3) is 14.6. The summed E-state index contributed by atoms with van der Waals surface area (Å²) in [6.45, 7) is 2.28. The molecule has 1 unspecified atom stereocenters. The van der Waals surface area contributed by atoms with Gasteiger partial charge in [0.15, 0.2) is 6.23 Å². The van der Waals surface area contributed by atoms with Gasteiger partial charge in [0, 0.05) is 6.42 Å². The predicted octanol–water partition coefficient (Wildman–Crippen LogP) is 5.49. The second-order valence-electron chi connectivity index (χ2n) is 7.63. The number of hydrogen-bond acceptors (Lipinski definition) is 1. The van der Waals surface area contributed by atoms with E-state index in [-0.39, 0.29) is 6.23 Å². The number of nitrogens with zero attached hydrogens (tertiary/aromatic N) is 1. The first-order chi connectivity index (χ1) is 9.98. The summed E-state index contributed by atoms with van der Waals surface area (Å²) in [6, 6.07) is 0. The van der Waals surface area contributed by atoms with Crippen LogP contribution in [-0.4, -0.2) is 37.0 Å². The molecule has 0 aromatic heterocycles. The lowest BCUT2D eigenvalue weighted by Crippen LogP contribution is -2.44. The highest BCUT2D eigenvalue weighted by Gasteiger charge is 2.19. The number of aliphatic hydroxyl groups excluding tert-OH is 1. The molecule has 0 rings (SSSR count). The van der Waals surface area contributed by atoms with Crippen LogP contribution < -0.4 is 0 Å². The highest BCUT2D eigenvalue weighted by molar-refractivity contribution is 4.50. The molecular weight excluding hydrogens is 258 g/mol. The Morgan fingerprint density at radius 3 is 1.29 bits per heavy atom. The summed E-state index contributed by atoms with van der Waals surface area (Å²) in [5.74, 6) is 0. The minimum Gasteiger partial charge on any atom is -0.345 e. The second kappa shape index (κ2) is 13.6. The van der Waals surface area contributed by atoms with Crippen molar-refractivity contribution >= 4 is 0 Å². The van der Waals surface area contributed by atoms with Crippen molar-refractivity contribution in [2.75, 3.05) is 21.1 Å². The fourth-order valence-electron chi connectivity index (χ4n) is 2.73. The molecule has 0 amide bonds. The highest BCUT2D eigenvalue weighted by atomic mass is 16.3. The molecule has 0 aromatic carbocycles. The molecule has 0 spiro atoms. The van der Waals surface area contributed by atoms with Gasteiger partial charge < -0.3 is 9.59 Å². The van der Waals surface area contributed by atoms with Crippen LogP contribution in [0.3, 0.4) is 0 Å². The first kappa shape index (κ1) is 20.9. The lowest BCUT2D eigenvalue weighted by atomic mass is 10.0. The molecule has 0 saturated heterocycles. The van der Waals surface area contributed by atoms with Gasteiger partial charge >= 0.3 is 0 Å². The van der Waals surface area contributed by atoms with Gasteiger partial charge in [-0.1, -0.05) is 84.0 Å². The van der Waals surface area contributed by atoms with Crippen molar-refractivity contribution < 1.29 is 9.59 Å².